The van der Waals surface area contributed by atoms with Crippen molar-refractivity contribution in [1.29, 1.82) is 0 Å². The molecule has 0 saturated carbocycles. The van der Waals surface area contributed by atoms with Crippen molar-refractivity contribution in [2.24, 2.45) is 0 Å². The molecule has 0 radical (unpaired) electrons. The van der Waals surface area contributed by atoms with Gasteiger partial charge in [-0.1, -0.05) is 48.3 Å². The van der Waals surface area contributed by atoms with Gasteiger partial charge < -0.3 is 10.3 Å². The number of nitrogens with zero attached hydrogens (tertiary/aromatic N) is 1. The molecule has 1 heterocycles. The van der Waals surface area contributed by atoms with Gasteiger partial charge in [0, 0.05) is 10.6 Å². The second-order valence-corrected chi connectivity index (χ2v) is 4.01. The summed E-state index contributed by atoms with van der Waals surface area (Å²) in [7, 11) is 0. The average molecular weight is 237 g/mol. The Bertz CT molecular complexity index is 494. The van der Waals surface area contributed by atoms with E-state index in [9.17, 15) is 0 Å². The van der Waals surface area contributed by atoms with Crippen LogP contribution in [0.4, 0.5) is 5.88 Å². The third-order valence-corrected chi connectivity index (χ3v) is 2.75. The second-order valence-electron chi connectivity index (χ2n) is 3.60. The average Bonchev–Trinajstić information content (AvgIpc) is 2.62. The first-order valence-corrected chi connectivity index (χ1v) is 5.60. The molecule has 1 aromatic heterocycles. The molecule has 1 aromatic carbocycles. The van der Waals surface area contributed by atoms with Crippen LogP contribution in [-0.4, -0.2) is 5.16 Å². The topological polar surface area (TPSA) is 52.0 Å². The number of aromatic nitrogens is 1. The zero-order chi connectivity index (χ0) is 11.5. The van der Waals surface area contributed by atoms with Gasteiger partial charge in [0.15, 0.2) is 0 Å². The van der Waals surface area contributed by atoms with Crippen molar-refractivity contribution in [2.45, 2.75) is 19.8 Å². The highest BCUT2D eigenvalue weighted by molar-refractivity contribution is 6.33. The number of hydrogen-bond acceptors (Lipinski definition) is 3. The van der Waals surface area contributed by atoms with Crippen LogP contribution in [0.2, 0.25) is 5.02 Å². The standard InChI is InChI=1S/C12H13ClN2O/c1-2-5-10-11(12(14)16-15-10)8-6-3-4-7-9(8)13/h3-4,6-7H,2,5,14H2,1H3. The summed E-state index contributed by atoms with van der Waals surface area (Å²) in [4.78, 5) is 0. The van der Waals surface area contributed by atoms with E-state index < -0.39 is 0 Å². The molecule has 0 unspecified atom stereocenters. The van der Waals surface area contributed by atoms with Gasteiger partial charge in [0.2, 0.25) is 5.88 Å². The highest BCUT2D eigenvalue weighted by Gasteiger charge is 2.16. The molecule has 0 fully saturated rings. The quantitative estimate of drug-likeness (QED) is 0.887. The van der Waals surface area contributed by atoms with Gasteiger partial charge in [-0.25, -0.2) is 0 Å². The molecule has 0 bridgehead atoms. The fraction of sp³-hybridized carbons (Fsp3) is 0.250. The van der Waals surface area contributed by atoms with Gasteiger partial charge in [0.1, 0.15) is 0 Å². The molecule has 0 aliphatic rings. The van der Waals surface area contributed by atoms with Gasteiger partial charge in [0.25, 0.3) is 0 Å². The highest BCUT2D eigenvalue weighted by atomic mass is 35.5. The van der Waals surface area contributed by atoms with E-state index in [1.165, 1.54) is 0 Å². The smallest absolute Gasteiger partial charge is 0.230 e. The third-order valence-electron chi connectivity index (χ3n) is 2.42. The van der Waals surface area contributed by atoms with Crippen molar-refractivity contribution in [3.05, 3.63) is 35.0 Å². The van der Waals surface area contributed by atoms with E-state index in [2.05, 4.69) is 12.1 Å². The van der Waals surface area contributed by atoms with Gasteiger partial charge in [-0.3, -0.25) is 0 Å². The van der Waals surface area contributed by atoms with Crippen molar-refractivity contribution >= 4 is 17.5 Å². The van der Waals surface area contributed by atoms with Crippen LogP contribution >= 0.6 is 11.6 Å². The number of anilines is 1. The molecule has 4 heteroatoms. The Hall–Kier alpha value is -1.48. The molecule has 2 N–H and O–H groups in total. The molecule has 0 saturated heterocycles. The molecule has 16 heavy (non-hydrogen) atoms. The lowest BCUT2D eigenvalue weighted by Gasteiger charge is -2.03. The maximum atomic E-state index is 6.13. The zero-order valence-electron chi connectivity index (χ0n) is 9.03. The number of benzene rings is 1. The van der Waals surface area contributed by atoms with Crippen molar-refractivity contribution < 1.29 is 4.52 Å². The molecule has 0 aliphatic heterocycles. The summed E-state index contributed by atoms with van der Waals surface area (Å²) < 4.78 is 5.03. The third kappa shape index (κ3) is 1.91. The minimum atomic E-state index is 0.330. The van der Waals surface area contributed by atoms with Crippen LogP contribution in [0.5, 0.6) is 0 Å². The number of rotatable bonds is 3. The summed E-state index contributed by atoms with van der Waals surface area (Å²) in [5, 5.41) is 4.63. The maximum Gasteiger partial charge on any atom is 0.230 e. The molecule has 0 amide bonds. The Balaban J connectivity index is 2.54. The van der Waals surface area contributed by atoms with Gasteiger partial charge in [0.05, 0.1) is 11.3 Å². The van der Waals surface area contributed by atoms with E-state index >= 15 is 0 Å². The van der Waals surface area contributed by atoms with Gasteiger partial charge in [-0.15, -0.1) is 0 Å². The Morgan fingerprint density at radius 2 is 2.12 bits per heavy atom. The maximum absolute atomic E-state index is 6.13. The SMILES string of the molecule is CCCc1noc(N)c1-c1ccccc1Cl. The van der Waals surface area contributed by atoms with Crippen LogP contribution in [0.15, 0.2) is 28.8 Å². The van der Waals surface area contributed by atoms with Crippen LogP contribution in [0.3, 0.4) is 0 Å². The Morgan fingerprint density at radius 3 is 2.81 bits per heavy atom. The predicted octanol–water partition coefficient (Wildman–Crippen LogP) is 3.53. The predicted molar refractivity (Wildman–Crippen MR) is 65.4 cm³/mol. The molecule has 2 rings (SSSR count). The molecule has 0 atom stereocenters. The van der Waals surface area contributed by atoms with Crippen LogP contribution in [0.25, 0.3) is 11.1 Å². The first-order valence-electron chi connectivity index (χ1n) is 5.23. The summed E-state index contributed by atoms with van der Waals surface area (Å²) in [6.45, 7) is 2.08. The van der Waals surface area contributed by atoms with Crippen LogP contribution < -0.4 is 5.73 Å². The van der Waals surface area contributed by atoms with E-state index in [0.717, 1.165) is 29.7 Å². The van der Waals surface area contributed by atoms with Crippen molar-refractivity contribution in [3.8, 4) is 11.1 Å². The van der Waals surface area contributed by atoms with E-state index in [0.29, 0.717) is 10.9 Å². The fourth-order valence-electron chi connectivity index (χ4n) is 1.70. The van der Waals surface area contributed by atoms with Crippen LogP contribution in [0.1, 0.15) is 19.0 Å². The lowest BCUT2D eigenvalue weighted by molar-refractivity contribution is 0.427. The lowest BCUT2D eigenvalue weighted by atomic mass is 10.0. The molecule has 2 aromatic rings. The largest absolute Gasteiger partial charge is 0.367 e. The zero-order valence-corrected chi connectivity index (χ0v) is 9.79. The highest BCUT2D eigenvalue weighted by Crippen LogP contribution is 2.34. The normalized spacial score (nSPS) is 10.6. The number of hydrogen-bond donors (Lipinski definition) is 1. The minimum Gasteiger partial charge on any atom is -0.367 e. The van der Waals surface area contributed by atoms with Crippen LogP contribution in [-0.2, 0) is 6.42 Å². The molecule has 84 valence electrons. The molecule has 3 nitrogen and oxygen atoms in total. The number of halogens is 1. The molecular formula is C12H13ClN2O. The molecule has 0 spiro atoms. The summed E-state index contributed by atoms with van der Waals surface area (Å²) >= 11 is 6.13. The van der Waals surface area contributed by atoms with E-state index in [1.54, 1.807) is 0 Å². The van der Waals surface area contributed by atoms with Crippen LogP contribution in [0, 0.1) is 0 Å². The number of nitrogens with two attached hydrogens (primary N) is 1. The monoisotopic (exact) mass is 236 g/mol. The Morgan fingerprint density at radius 1 is 1.38 bits per heavy atom. The Labute approximate surface area is 99.2 Å². The number of nitrogen functional groups attached to an aromatic ring is 1. The van der Waals surface area contributed by atoms with E-state index in [1.807, 2.05) is 24.3 Å². The van der Waals surface area contributed by atoms with Crippen molar-refractivity contribution in [1.82, 2.24) is 5.16 Å². The summed E-state index contributed by atoms with van der Waals surface area (Å²) in [5.74, 6) is 0.330. The fourth-order valence-corrected chi connectivity index (χ4v) is 1.93. The Kier molecular flexibility index (Phi) is 3.15. The van der Waals surface area contributed by atoms with E-state index in [-0.39, 0.29) is 0 Å². The summed E-state index contributed by atoms with van der Waals surface area (Å²) in [6.07, 6.45) is 1.82. The molecular weight excluding hydrogens is 224 g/mol. The number of aryl methyl sites for hydroxylation is 1. The lowest BCUT2D eigenvalue weighted by Crippen LogP contribution is -1.91. The first kappa shape index (κ1) is 11.0. The summed E-state index contributed by atoms with van der Waals surface area (Å²) in [6, 6.07) is 7.56. The summed E-state index contributed by atoms with van der Waals surface area (Å²) in [5.41, 5.74) is 8.36. The van der Waals surface area contributed by atoms with E-state index in [4.69, 9.17) is 21.9 Å². The minimum absolute atomic E-state index is 0.330. The van der Waals surface area contributed by atoms with Gasteiger partial charge in [-0.05, 0) is 12.5 Å². The van der Waals surface area contributed by atoms with Crippen molar-refractivity contribution in [2.75, 3.05) is 5.73 Å². The molecule has 0 aliphatic carbocycles. The van der Waals surface area contributed by atoms with Gasteiger partial charge >= 0.3 is 0 Å². The van der Waals surface area contributed by atoms with Gasteiger partial charge in [-0.2, -0.15) is 0 Å². The second kappa shape index (κ2) is 4.58. The first-order chi connectivity index (χ1) is 7.74. The van der Waals surface area contributed by atoms with Crippen molar-refractivity contribution in [3.63, 3.8) is 0 Å².